The second-order valence-corrected chi connectivity index (χ2v) is 5.64. The Morgan fingerprint density at radius 1 is 1.12 bits per heavy atom. The topological polar surface area (TPSA) is 47.3 Å². The molecular formula is C19H15ClN2O2. The summed E-state index contributed by atoms with van der Waals surface area (Å²) in [6, 6.07) is 12.3. The predicted octanol–water partition coefficient (Wildman–Crippen LogP) is 3.85. The van der Waals surface area contributed by atoms with E-state index in [1.807, 2.05) is 37.5 Å². The number of hydrogen-bond acceptors (Lipinski definition) is 3. The minimum absolute atomic E-state index is 0.116. The van der Waals surface area contributed by atoms with E-state index in [9.17, 15) is 5.11 Å². The summed E-state index contributed by atoms with van der Waals surface area (Å²) in [7, 11) is 3.43. The molecule has 0 bridgehead atoms. The highest BCUT2D eigenvalue weighted by Crippen LogP contribution is 2.32. The second kappa shape index (κ2) is 6.69. The Labute approximate surface area is 145 Å². The summed E-state index contributed by atoms with van der Waals surface area (Å²) < 4.78 is 6.80. The molecule has 3 aromatic rings. The molecule has 1 N–H and O–H groups in total. The molecule has 0 saturated carbocycles. The van der Waals surface area contributed by atoms with Gasteiger partial charge in [0.1, 0.15) is 17.2 Å². The van der Waals surface area contributed by atoms with Crippen molar-refractivity contribution in [3.63, 3.8) is 0 Å². The Balaban J connectivity index is 2.01. The minimum atomic E-state index is 0.116. The first kappa shape index (κ1) is 16.0. The van der Waals surface area contributed by atoms with Crippen LogP contribution in [-0.4, -0.2) is 22.0 Å². The van der Waals surface area contributed by atoms with Gasteiger partial charge in [0.15, 0.2) is 0 Å². The van der Waals surface area contributed by atoms with Gasteiger partial charge in [-0.25, -0.2) is 0 Å². The summed E-state index contributed by atoms with van der Waals surface area (Å²) in [4.78, 5) is 0. The zero-order chi connectivity index (χ0) is 17.1. The zero-order valence-corrected chi connectivity index (χ0v) is 14.0. The number of ether oxygens (including phenoxy) is 1. The van der Waals surface area contributed by atoms with Crippen molar-refractivity contribution in [3.8, 4) is 34.6 Å². The van der Waals surface area contributed by atoms with E-state index < -0.39 is 0 Å². The van der Waals surface area contributed by atoms with Crippen molar-refractivity contribution in [2.75, 3.05) is 7.11 Å². The average molecular weight is 339 g/mol. The Bertz CT molecular complexity index is 934. The van der Waals surface area contributed by atoms with E-state index in [4.69, 9.17) is 16.3 Å². The highest BCUT2D eigenvalue weighted by atomic mass is 35.5. The van der Waals surface area contributed by atoms with Gasteiger partial charge >= 0.3 is 0 Å². The van der Waals surface area contributed by atoms with Gasteiger partial charge in [0, 0.05) is 29.4 Å². The summed E-state index contributed by atoms with van der Waals surface area (Å²) in [5, 5.41) is 15.0. The first-order chi connectivity index (χ1) is 11.6. The molecule has 4 nitrogen and oxygen atoms in total. The van der Waals surface area contributed by atoms with E-state index in [1.54, 1.807) is 30.0 Å². The molecule has 1 aromatic heterocycles. The van der Waals surface area contributed by atoms with Crippen LogP contribution >= 0.6 is 11.6 Å². The summed E-state index contributed by atoms with van der Waals surface area (Å²) in [6.45, 7) is 0. The smallest absolute Gasteiger partial charge is 0.125 e. The molecule has 1 heterocycles. The molecule has 0 aliphatic heterocycles. The van der Waals surface area contributed by atoms with Crippen LogP contribution in [0.1, 0.15) is 11.1 Å². The fourth-order valence-electron chi connectivity index (χ4n) is 2.29. The van der Waals surface area contributed by atoms with Gasteiger partial charge in [-0.2, -0.15) is 5.10 Å². The molecule has 0 amide bonds. The van der Waals surface area contributed by atoms with Crippen LogP contribution in [0.4, 0.5) is 0 Å². The lowest BCUT2D eigenvalue weighted by molar-refractivity contribution is 0.415. The van der Waals surface area contributed by atoms with Gasteiger partial charge in [-0.1, -0.05) is 23.4 Å². The monoisotopic (exact) mass is 338 g/mol. The van der Waals surface area contributed by atoms with E-state index in [2.05, 4.69) is 16.9 Å². The number of aromatic nitrogens is 2. The van der Waals surface area contributed by atoms with Crippen molar-refractivity contribution in [2.24, 2.45) is 7.05 Å². The van der Waals surface area contributed by atoms with Crippen molar-refractivity contribution >= 4 is 11.6 Å². The molecule has 0 aliphatic carbocycles. The molecule has 5 heteroatoms. The van der Waals surface area contributed by atoms with Crippen LogP contribution in [-0.2, 0) is 7.05 Å². The lowest BCUT2D eigenvalue weighted by atomic mass is 10.1. The van der Waals surface area contributed by atoms with Crippen molar-refractivity contribution < 1.29 is 9.84 Å². The maximum atomic E-state index is 10.1. The zero-order valence-electron chi connectivity index (χ0n) is 13.2. The lowest BCUT2D eigenvalue weighted by Crippen LogP contribution is -1.88. The van der Waals surface area contributed by atoms with Crippen LogP contribution in [0.5, 0.6) is 11.5 Å². The van der Waals surface area contributed by atoms with E-state index in [0.29, 0.717) is 21.8 Å². The number of aromatic hydroxyl groups is 1. The van der Waals surface area contributed by atoms with Crippen LogP contribution in [0.25, 0.3) is 11.3 Å². The Morgan fingerprint density at radius 2 is 1.88 bits per heavy atom. The summed E-state index contributed by atoms with van der Waals surface area (Å²) in [5.74, 6) is 7.10. The fourth-order valence-corrected chi connectivity index (χ4v) is 2.46. The van der Waals surface area contributed by atoms with E-state index >= 15 is 0 Å². The first-order valence-corrected chi connectivity index (χ1v) is 7.63. The fraction of sp³-hybridized carbons (Fsp3) is 0.105. The van der Waals surface area contributed by atoms with E-state index in [0.717, 1.165) is 11.3 Å². The molecule has 0 saturated heterocycles. The Kier molecular flexibility index (Phi) is 4.45. The lowest BCUT2D eigenvalue weighted by Gasteiger charge is -2.02. The molecule has 24 heavy (non-hydrogen) atoms. The number of phenolic OH excluding ortho intramolecular Hbond substituents is 1. The second-order valence-electron chi connectivity index (χ2n) is 5.21. The van der Waals surface area contributed by atoms with E-state index in [-0.39, 0.29) is 5.75 Å². The third kappa shape index (κ3) is 3.37. The Morgan fingerprint density at radius 3 is 2.58 bits per heavy atom. The molecule has 120 valence electrons. The number of halogens is 1. The van der Waals surface area contributed by atoms with Crippen LogP contribution < -0.4 is 4.74 Å². The summed E-state index contributed by atoms with van der Waals surface area (Å²) >= 11 is 6.03. The van der Waals surface area contributed by atoms with Crippen LogP contribution in [0.15, 0.2) is 48.7 Å². The number of methoxy groups -OCH3 is 1. The molecule has 0 atom stereocenters. The van der Waals surface area contributed by atoms with Gasteiger partial charge in [-0.3, -0.25) is 4.68 Å². The van der Waals surface area contributed by atoms with Crippen LogP contribution in [0.3, 0.4) is 0 Å². The number of phenols is 1. The number of nitrogens with zero attached hydrogens (tertiary/aromatic N) is 2. The highest BCUT2D eigenvalue weighted by molar-refractivity contribution is 6.31. The maximum absolute atomic E-state index is 10.1. The predicted molar refractivity (Wildman–Crippen MR) is 94.3 cm³/mol. The number of aryl methyl sites for hydroxylation is 1. The largest absolute Gasteiger partial charge is 0.507 e. The van der Waals surface area contributed by atoms with E-state index in [1.165, 1.54) is 0 Å². The SMILES string of the molecule is COc1ccc(C#Cc2cn(C)nc2-c2cc(Cl)ccc2O)cc1. The molecule has 0 radical (unpaired) electrons. The molecule has 0 spiro atoms. The normalized spacial score (nSPS) is 10.1. The van der Waals surface area contributed by atoms with Crippen molar-refractivity contribution in [1.82, 2.24) is 9.78 Å². The molecule has 3 rings (SSSR count). The summed E-state index contributed by atoms with van der Waals surface area (Å²) in [6.07, 6.45) is 1.81. The van der Waals surface area contributed by atoms with Crippen molar-refractivity contribution in [3.05, 3.63) is 64.8 Å². The third-order valence-electron chi connectivity index (χ3n) is 3.47. The van der Waals surface area contributed by atoms with Crippen molar-refractivity contribution in [1.29, 1.82) is 0 Å². The van der Waals surface area contributed by atoms with Crippen LogP contribution in [0, 0.1) is 11.8 Å². The molecule has 0 aliphatic rings. The molecule has 0 fully saturated rings. The standard InChI is InChI=1S/C19H15ClN2O2/c1-22-12-14(6-3-13-4-8-16(24-2)9-5-13)19(21-22)17-11-15(20)7-10-18(17)23/h4-5,7-12,23H,1-2H3. The van der Waals surface area contributed by atoms with Gasteiger partial charge < -0.3 is 9.84 Å². The number of hydrogen-bond donors (Lipinski definition) is 1. The van der Waals surface area contributed by atoms with Gasteiger partial charge in [-0.05, 0) is 42.5 Å². The highest BCUT2D eigenvalue weighted by Gasteiger charge is 2.13. The van der Waals surface area contributed by atoms with Gasteiger partial charge in [-0.15, -0.1) is 0 Å². The number of rotatable bonds is 2. The van der Waals surface area contributed by atoms with Gasteiger partial charge in [0.05, 0.1) is 12.7 Å². The first-order valence-electron chi connectivity index (χ1n) is 7.25. The summed E-state index contributed by atoms with van der Waals surface area (Å²) in [5.41, 5.74) is 2.73. The molecule has 2 aromatic carbocycles. The minimum Gasteiger partial charge on any atom is -0.507 e. The quantitative estimate of drug-likeness (QED) is 0.722. The average Bonchev–Trinajstić information content (AvgIpc) is 2.96. The Hall–Kier alpha value is -2.90. The third-order valence-corrected chi connectivity index (χ3v) is 3.71. The van der Waals surface area contributed by atoms with Crippen LogP contribution in [0.2, 0.25) is 5.02 Å². The maximum Gasteiger partial charge on any atom is 0.125 e. The molecular weight excluding hydrogens is 324 g/mol. The molecule has 0 unspecified atom stereocenters. The van der Waals surface area contributed by atoms with Gasteiger partial charge in [0.2, 0.25) is 0 Å². The number of benzene rings is 2. The van der Waals surface area contributed by atoms with Crippen molar-refractivity contribution in [2.45, 2.75) is 0 Å². The van der Waals surface area contributed by atoms with Gasteiger partial charge in [0.25, 0.3) is 0 Å².